The standard InChI is InChI=1S/C18H22N4OS/c1-12-8-13(2)10-21(9-12)15(14-6-4-3-5-7-14)16-17(23)22-18(24-16)19-11-20-22/h3-7,11-13,15,23H,8-10H2,1-2H3/t12-,13-,15+/m0/s1. The van der Waals surface area contributed by atoms with Crippen molar-refractivity contribution >= 4 is 16.3 Å². The molecule has 3 heterocycles. The number of aromatic nitrogens is 3. The summed E-state index contributed by atoms with van der Waals surface area (Å²) in [5.41, 5.74) is 1.21. The second kappa shape index (κ2) is 6.18. The fourth-order valence-electron chi connectivity index (χ4n) is 3.96. The average molecular weight is 342 g/mol. The summed E-state index contributed by atoms with van der Waals surface area (Å²) >= 11 is 1.53. The van der Waals surface area contributed by atoms with E-state index in [0.717, 1.165) is 22.9 Å². The van der Waals surface area contributed by atoms with E-state index in [9.17, 15) is 5.11 Å². The Morgan fingerprint density at radius 3 is 2.54 bits per heavy atom. The summed E-state index contributed by atoms with van der Waals surface area (Å²) in [5, 5.41) is 14.9. The lowest BCUT2D eigenvalue weighted by atomic mass is 9.89. The Bertz CT molecular complexity index is 818. The van der Waals surface area contributed by atoms with Crippen LogP contribution in [0.5, 0.6) is 5.88 Å². The predicted octanol–water partition coefficient (Wildman–Crippen LogP) is 3.56. The molecule has 2 aromatic heterocycles. The van der Waals surface area contributed by atoms with Gasteiger partial charge in [-0.2, -0.15) is 9.61 Å². The molecule has 0 bridgehead atoms. The number of piperidine rings is 1. The molecule has 0 saturated carbocycles. The van der Waals surface area contributed by atoms with Gasteiger partial charge in [0.15, 0.2) is 0 Å². The number of thiazole rings is 1. The van der Waals surface area contributed by atoms with Gasteiger partial charge >= 0.3 is 0 Å². The SMILES string of the molecule is C[C@H]1C[C@H](C)CN([C@H](c2ccccc2)c2sc3ncnn3c2O)C1. The van der Waals surface area contributed by atoms with Gasteiger partial charge in [-0.25, -0.2) is 4.98 Å². The van der Waals surface area contributed by atoms with Gasteiger partial charge in [0.2, 0.25) is 10.8 Å². The lowest BCUT2D eigenvalue weighted by Crippen LogP contribution is -2.41. The molecule has 3 atom stereocenters. The van der Waals surface area contributed by atoms with E-state index in [0.29, 0.717) is 11.8 Å². The molecule has 4 rings (SSSR count). The molecule has 0 unspecified atom stereocenters. The number of aromatic hydroxyl groups is 1. The molecule has 1 N–H and O–H groups in total. The molecular formula is C18H22N4OS. The van der Waals surface area contributed by atoms with E-state index in [4.69, 9.17) is 0 Å². The maximum atomic E-state index is 10.7. The van der Waals surface area contributed by atoms with Crippen LogP contribution in [0.2, 0.25) is 0 Å². The third kappa shape index (κ3) is 2.70. The van der Waals surface area contributed by atoms with E-state index in [1.807, 2.05) is 6.07 Å². The molecule has 0 aliphatic carbocycles. The Morgan fingerprint density at radius 2 is 1.88 bits per heavy atom. The minimum atomic E-state index is 0.0462. The summed E-state index contributed by atoms with van der Waals surface area (Å²) in [7, 11) is 0. The first-order valence-electron chi connectivity index (χ1n) is 8.44. The van der Waals surface area contributed by atoms with Crippen molar-refractivity contribution in [3.63, 3.8) is 0 Å². The molecule has 1 aromatic carbocycles. The van der Waals surface area contributed by atoms with Crippen molar-refractivity contribution in [2.24, 2.45) is 11.8 Å². The largest absolute Gasteiger partial charge is 0.492 e. The number of fused-ring (bicyclic) bond motifs is 1. The molecule has 6 heteroatoms. The molecule has 0 amide bonds. The highest BCUT2D eigenvalue weighted by Gasteiger charge is 2.33. The van der Waals surface area contributed by atoms with E-state index in [1.54, 1.807) is 0 Å². The zero-order valence-corrected chi connectivity index (χ0v) is 14.8. The first-order chi connectivity index (χ1) is 11.6. The topological polar surface area (TPSA) is 53.7 Å². The van der Waals surface area contributed by atoms with Crippen molar-refractivity contribution in [3.05, 3.63) is 47.1 Å². The van der Waals surface area contributed by atoms with Gasteiger partial charge in [-0.3, -0.25) is 4.90 Å². The summed E-state index contributed by atoms with van der Waals surface area (Å²) in [4.78, 5) is 8.41. The van der Waals surface area contributed by atoms with Crippen LogP contribution in [0, 0.1) is 11.8 Å². The third-order valence-electron chi connectivity index (χ3n) is 4.76. The van der Waals surface area contributed by atoms with Crippen molar-refractivity contribution in [2.75, 3.05) is 13.1 Å². The van der Waals surface area contributed by atoms with Crippen LogP contribution in [0.4, 0.5) is 0 Å². The van der Waals surface area contributed by atoms with E-state index in [1.165, 1.54) is 34.2 Å². The Kier molecular flexibility index (Phi) is 4.02. The third-order valence-corrected chi connectivity index (χ3v) is 5.85. The van der Waals surface area contributed by atoms with E-state index in [2.05, 4.69) is 53.1 Å². The van der Waals surface area contributed by atoms with Gasteiger partial charge in [-0.1, -0.05) is 55.5 Å². The Morgan fingerprint density at radius 1 is 1.17 bits per heavy atom. The van der Waals surface area contributed by atoms with Gasteiger partial charge in [0, 0.05) is 13.1 Å². The lowest BCUT2D eigenvalue weighted by Gasteiger charge is -2.40. The number of likely N-dealkylation sites (tertiary alicyclic amines) is 1. The van der Waals surface area contributed by atoms with Crippen molar-refractivity contribution in [1.29, 1.82) is 0 Å². The quantitative estimate of drug-likeness (QED) is 0.791. The first-order valence-corrected chi connectivity index (χ1v) is 9.25. The maximum absolute atomic E-state index is 10.7. The van der Waals surface area contributed by atoms with Gasteiger partial charge in [0.25, 0.3) is 0 Å². The van der Waals surface area contributed by atoms with Gasteiger partial charge in [0.1, 0.15) is 6.33 Å². The van der Waals surface area contributed by atoms with Crippen LogP contribution in [0.1, 0.15) is 36.8 Å². The molecule has 1 fully saturated rings. The minimum absolute atomic E-state index is 0.0462. The fourth-order valence-corrected chi connectivity index (χ4v) is 5.05. The predicted molar refractivity (Wildman–Crippen MR) is 95.3 cm³/mol. The number of benzene rings is 1. The number of rotatable bonds is 3. The maximum Gasteiger partial charge on any atom is 0.230 e. The molecule has 1 aliphatic rings. The van der Waals surface area contributed by atoms with Crippen LogP contribution < -0.4 is 0 Å². The van der Waals surface area contributed by atoms with Gasteiger partial charge in [0.05, 0.1) is 10.9 Å². The Hall–Kier alpha value is -1.92. The second-order valence-corrected chi connectivity index (χ2v) is 7.97. The first kappa shape index (κ1) is 15.6. The summed E-state index contributed by atoms with van der Waals surface area (Å²) in [6.45, 7) is 6.70. The molecular weight excluding hydrogens is 320 g/mol. The Labute approximate surface area is 145 Å². The smallest absolute Gasteiger partial charge is 0.230 e. The monoisotopic (exact) mass is 342 g/mol. The molecule has 1 saturated heterocycles. The zero-order valence-electron chi connectivity index (χ0n) is 14.0. The van der Waals surface area contributed by atoms with Crippen molar-refractivity contribution in [3.8, 4) is 5.88 Å². The normalized spacial score (nSPS) is 23.6. The summed E-state index contributed by atoms with van der Waals surface area (Å²) in [6.07, 6.45) is 2.75. The molecule has 24 heavy (non-hydrogen) atoms. The molecule has 5 nitrogen and oxygen atoms in total. The highest BCUT2D eigenvalue weighted by molar-refractivity contribution is 7.17. The van der Waals surface area contributed by atoms with Crippen LogP contribution in [-0.2, 0) is 0 Å². The van der Waals surface area contributed by atoms with Crippen molar-refractivity contribution in [2.45, 2.75) is 26.3 Å². The average Bonchev–Trinajstić information content (AvgIpc) is 3.12. The van der Waals surface area contributed by atoms with E-state index >= 15 is 0 Å². The molecule has 3 aromatic rings. The molecule has 1 aliphatic heterocycles. The Balaban J connectivity index is 1.81. The van der Waals surface area contributed by atoms with Crippen LogP contribution in [-0.4, -0.2) is 37.7 Å². The van der Waals surface area contributed by atoms with Gasteiger partial charge in [-0.15, -0.1) is 0 Å². The molecule has 0 radical (unpaired) electrons. The minimum Gasteiger partial charge on any atom is -0.492 e. The number of hydrogen-bond donors (Lipinski definition) is 1. The fraction of sp³-hybridized carbons (Fsp3) is 0.444. The molecule has 126 valence electrons. The summed E-state index contributed by atoms with van der Waals surface area (Å²) < 4.78 is 1.53. The highest BCUT2D eigenvalue weighted by atomic mass is 32.1. The summed E-state index contributed by atoms with van der Waals surface area (Å²) in [5.74, 6) is 1.53. The van der Waals surface area contributed by atoms with E-state index < -0.39 is 0 Å². The number of nitrogens with zero attached hydrogens (tertiary/aromatic N) is 4. The van der Waals surface area contributed by atoms with Crippen LogP contribution >= 0.6 is 11.3 Å². The van der Waals surface area contributed by atoms with Gasteiger partial charge in [-0.05, 0) is 23.8 Å². The second-order valence-electron chi connectivity index (χ2n) is 6.96. The number of hydrogen-bond acceptors (Lipinski definition) is 5. The lowest BCUT2D eigenvalue weighted by molar-refractivity contribution is 0.112. The van der Waals surface area contributed by atoms with Crippen LogP contribution in [0.3, 0.4) is 0 Å². The van der Waals surface area contributed by atoms with E-state index in [-0.39, 0.29) is 11.9 Å². The van der Waals surface area contributed by atoms with Crippen molar-refractivity contribution in [1.82, 2.24) is 19.5 Å². The van der Waals surface area contributed by atoms with Gasteiger partial charge < -0.3 is 5.11 Å². The van der Waals surface area contributed by atoms with Crippen molar-refractivity contribution < 1.29 is 5.11 Å². The summed E-state index contributed by atoms with van der Waals surface area (Å²) in [6, 6.07) is 10.5. The molecule has 0 spiro atoms. The van der Waals surface area contributed by atoms with Crippen LogP contribution in [0.15, 0.2) is 36.7 Å². The van der Waals surface area contributed by atoms with Crippen LogP contribution in [0.25, 0.3) is 4.96 Å². The zero-order chi connectivity index (χ0) is 16.7. The highest BCUT2D eigenvalue weighted by Crippen LogP contribution is 2.41.